The molecule has 0 amide bonds. The zero-order chi connectivity index (χ0) is 11.1. The molecular formula is C12H11BrN2O. The molecule has 3 nitrogen and oxygen atoms in total. The molecule has 0 atom stereocenters. The van der Waals surface area contributed by atoms with Crippen molar-refractivity contribution in [1.82, 2.24) is 5.16 Å². The fourth-order valence-electron chi connectivity index (χ4n) is 2.22. The van der Waals surface area contributed by atoms with Crippen molar-refractivity contribution in [2.75, 3.05) is 5.73 Å². The number of aromatic nitrogens is 1. The molecule has 3 rings (SSSR count). The van der Waals surface area contributed by atoms with Crippen molar-refractivity contribution in [3.63, 3.8) is 0 Å². The zero-order valence-electron chi connectivity index (χ0n) is 8.66. The summed E-state index contributed by atoms with van der Waals surface area (Å²) >= 11 is 3.61. The monoisotopic (exact) mass is 278 g/mol. The summed E-state index contributed by atoms with van der Waals surface area (Å²) in [5.41, 5.74) is 9.42. The molecule has 0 spiro atoms. The maximum atomic E-state index is 5.55. The van der Waals surface area contributed by atoms with Gasteiger partial charge < -0.3 is 10.3 Å². The smallest absolute Gasteiger partial charge is 0.169 e. The average molecular weight is 279 g/mol. The van der Waals surface area contributed by atoms with E-state index in [0.717, 1.165) is 28.6 Å². The maximum Gasteiger partial charge on any atom is 0.169 e. The van der Waals surface area contributed by atoms with Gasteiger partial charge in [0.05, 0.1) is 0 Å². The Morgan fingerprint density at radius 3 is 2.88 bits per heavy atom. The van der Waals surface area contributed by atoms with Crippen molar-refractivity contribution in [2.45, 2.75) is 19.3 Å². The second-order valence-corrected chi connectivity index (χ2v) is 4.92. The van der Waals surface area contributed by atoms with Crippen LogP contribution in [0.4, 0.5) is 5.82 Å². The van der Waals surface area contributed by atoms with Gasteiger partial charge in [-0.1, -0.05) is 21.1 Å². The molecule has 1 heterocycles. The zero-order valence-corrected chi connectivity index (χ0v) is 10.3. The van der Waals surface area contributed by atoms with E-state index in [4.69, 9.17) is 10.3 Å². The number of rotatable bonds is 1. The van der Waals surface area contributed by atoms with E-state index < -0.39 is 0 Å². The van der Waals surface area contributed by atoms with Crippen molar-refractivity contribution >= 4 is 21.7 Å². The van der Waals surface area contributed by atoms with Crippen molar-refractivity contribution < 1.29 is 4.52 Å². The van der Waals surface area contributed by atoms with Gasteiger partial charge in [-0.05, 0) is 42.5 Å². The quantitative estimate of drug-likeness (QED) is 0.872. The van der Waals surface area contributed by atoms with Gasteiger partial charge in [-0.15, -0.1) is 0 Å². The highest BCUT2D eigenvalue weighted by Crippen LogP contribution is 2.34. The van der Waals surface area contributed by atoms with E-state index in [1.54, 1.807) is 6.07 Å². The van der Waals surface area contributed by atoms with E-state index in [1.165, 1.54) is 17.5 Å². The summed E-state index contributed by atoms with van der Waals surface area (Å²) in [7, 11) is 0. The van der Waals surface area contributed by atoms with Gasteiger partial charge in [0, 0.05) is 16.1 Å². The summed E-state index contributed by atoms with van der Waals surface area (Å²) in [5.74, 6) is 1.15. The normalized spacial score (nSPS) is 14.1. The van der Waals surface area contributed by atoms with E-state index in [0.29, 0.717) is 5.82 Å². The molecule has 0 radical (unpaired) electrons. The van der Waals surface area contributed by atoms with E-state index in [-0.39, 0.29) is 0 Å². The number of fused-ring (bicyclic) bond motifs is 1. The summed E-state index contributed by atoms with van der Waals surface area (Å²) in [5, 5.41) is 3.70. The van der Waals surface area contributed by atoms with Gasteiger partial charge in [-0.3, -0.25) is 0 Å². The summed E-state index contributed by atoms with van der Waals surface area (Å²) in [6.07, 6.45) is 3.54. The maximum absolute atomic E-state index is 5.55. The van der Waals surface area contributed by atoms with Crippen LogP contribution in [0.15, 0.2) is 27.2 Å². The average Bonchev–Trinajstić information content (AvgIpc) is 2.85. The number of halogens is 1. The molecule has 82 valence electrons. The molecule has 1 aromatic heterocycles. The molecule has 1 aliphatic rings. The first-order valence-electron chi connectivity index (χ1n) is 5.28. The Morgan fingerprint density at radius 1 is 1.25 bits per heavy atom. The summed E-state index contributed by atoms with van der Waals surface area (Å²) in [6.45, 7) is 0. The molecule has 0 saturated heterocycles. The van der Waals surface area contributed by atoms with Crippen LogP contribution in [0.5, 0.6) is 0 Å². The largest absolute Gasteiger partial charge is 0.381 e. The number of aryl methyl sites for hydroxylation is 1. The van der Waals surface area contributed by atoms with Crippen molar-refractivity contribution in [2.24, 2.45) is 0 Å². The predicted molar refractivity (Wildman–Crippen MR) is 66.1 cm³/mol. The SMILES string of the molecule is Nc1cc(-c2cc(Br)c3c(c2)CCC3)on1. The van der Waals surface area contributed by atoms with E-state index in [9.17, 15) is 0 Å². The lowest BCUT2D eigenvalue weighted by Crippen LogP contribution is -1.86. The number of nitrogens with two attached hydrogens (primary N) is 1. The Morgan fingerprint density at radius 2 is 2.12 bits per heavy atom. The van der Waals surface area contributed by atoms with E-state index >= 15 is 0 Å². The number of nitrogen functional groups attached to an aromatic ring is 1. The molecule has 4 heteroatoms. The molecule has 2 N–H and O–H groups in total. The fourth-order valence-corrected chi connectivity index (χ4v) is 2.92. The second-order valence-electron chi connectivity index (χ2n) is 4.07. The molecule has 2 aromatic rings. The number of anilines is 1. The number of hydrogen-bond donors (Lipinski definition) is 1. The first-order valence-corrected chi connectivity index (χ1v) is 6.07. The lowest BCUT2D eigenvalue weighted by molar-refractivity contribution is 0.436. The van der Waals surface area contributed by atoms with Gasteiger partial charge in [0.2, 0.25) is 0 Å². The molecule has 0 bridgehead atoms. The Kier molecular flexibility index (Phi) is 2.24. The van der Waals surface area contributed by atoms with Crippen LogP contribution >= 0.6 is 15.9 Å². The second kappa shape index (κ2) is 3.63. The number of benzene rings is 1. The van der Waals surface area contributed by atoms with Gasteiger partial charge in [0.1, 0.15) is 0 Å². The van der Waals surface area contributed by atoms with Crippen molar-refractivity contribution in [3.8, 4) is 11.3 Å². The van der Waals surface area contributed by atoms with Crippen molar-refractivity contribution in [1.29, 1.82) is 0 Å². The third-order valence-corrected chi connectivity index (χ3v) is 3.68. The highest BCUT2D eigenvalue weighted by Gasteiger charge is 2.16. The molecule has 0 aliphatic heterocycles. The summed E-state index contributed by atoms with van der Waals surface area (Å²) in [4.78, 5) is 0. The van der Waals surface area contributed by atoms with Crippen LogP contribution < -0.4 is 5.73 Å². The minimum absolute atomic E-state index is 0.423. The molecule has 1 aromatic carbocycles. The van der Waals surface area contributed by atoms with Gasteiger partial charge in [0.15, 0.2) is 11.6 Å². The third kappa shape index (κ3) is 1.53. The number of hydrogen-bond acceptors (Lipinski definition) is 3. The first kappa shape index (κ1) is 9.90. The third-order valence-electron chi connectivity index (χ3n) is 2.97. The predicted octanol–water partition coefficient (Wildman–Crippen LogP) is 3.18. The van der Waals surface area contributed by atoms with Gasteiger partial charge in [0.25, 0.3) is 0 Å². The van der Waals surface area contributed by atoms with Crippen LogP contribution in [0, 0.1) is 0 Å². The lowest BCUT2D eigenvalue weighted by Gasteiger charge is -2.04. The van der Waals surface area contributed by atoms with E-state index in [1.807, 2.05) is 0 Å². The van der Waals surface area contributed by atoms with Gasteiger partial charge in [-0.25, -0.2) is 0 Å². The molecule has 16 heavy (non-hydrogen) atoms. The minimum Gasteiger partial charge on any atom is -0.381 e. The Bertz CT molecular complexity index is 548. The Balaban J connectivity index is 2.12. The van der Waals surface area contributed by atoms with Gasteiger partial charge in [-0.2, -0.15) is 0 Å². The topological polar surface area (TPSA) is 52.0 Å². The standard InChI is InChI=1S/C12H11BrN2O/c13-10-5-8(11-6-12(14)15-16-11)4-7-2-1-3-9(7)10/h4-6H,1-3H2,(H2,14,15). The molecular weight excluding hydrogens is 268 g/mol. The first-order chi connectivity index (χ1) is 7.74. The van der Waals surface area contributed by atoms with Crippen LogP contribution in [0.1, 0.15) is 17.5 Å². The Labute approximate surface area is 102 Å². The Hall–Kier alpha value is -1.29. The molecule has 0 unspecified atom stereocenters. The highest BCUT2D eigenvalue weighted by molar-refractivity contribution is 9.10. The van der Waals surface area contributed by atoms with Crippen LogP contribution in [-0.2, 0) is 12.8 Å². The van der Waals surface area contributed by atoms with Crippen LogP contribution in [0.25, 0.3) is 11.3 Å². The summed E-state index contributed by atoms with van der Waals surface area (Å²) in [6, 6.07) is 6.00. The minimum atomic E-state index is 0.423. The van der Waals surface area contributed by atoms with Crippen LogP contribution in [0.3, 0.4) is 0 Å². The summed E-state index contributed by atoms with van der Waals surface area (Å²) < 4.78 is 6.33. The van der Waals surface area contributed by atoms with Crippen LogP contribution in [0.2, 0.25) is 0 Å². The van der Waals surface area contributed by atoms with Gasteiger partial charge >= 0.3 is 0 Å². The van der Waals surface area contributed by atoms with E-state index in [2.05, 4.69) is 33.2 Å². The molecule has 0 fully saturated rings. The molecule has 0 saturated carbocycles. The van der Waals surface area contributed by atoms with Crippen LogP contribution in [-0.4, -0.2) is 5.16 Å². The lowest BCUT2D eigenvalue weighted by atomic mass is 10.0. The molecule has 1 aliphatic carbocycles. The van der Waals surface area contributed by atoms with Crippen molar-refractivity contribution in [3.05, 3.63) is 33.8 Å². The fraction of sp³-hybridized carbons (Fsp3) is 0.250. The number of nitrogens with zero attached hydrogens (tertiary/aromatic N) is 1. The highest BCUT2D eigenvalue weighted by atomic mass is 79.9.